The second-order valence-corrected chi connectivity index (χ2v) is 6.97. The van der Waals surface area contributed by atoms with E-state index in [0.29, 0.717) is 18.0 Å². The Kier molecular flexibility index (Phi) is 6.47. The normalized spacial score (nSPS) is 17.0. The summed E-state index contributed by atoms with van der Waals surface area (Å²) in [6.07, 6.45) is 2.31. The van der Waals surface area contributed by atoms with Gasteiger partial charge in [0, 0.05) is 39.3 Å². The van der Waals surface area contributed by atoms with Crippen LogP contribution >= 0.6 is 0 Å². The molecule has 1 saturated heterocycles. The summed E-state index contributed by atoms with van der Waals surface area (Å²) in [5.41, 5.74) is 3.21. The molecule has 1 heterocycles. The first-order chi connectivity index (χ1) is 13.2. The highest BCUT2D eigenvalue weighted by molar-refractivity contribution is 5.93. The quantitative estimate of drug-likeness (QED) is 0.634. The minimum atomic E-state index is -0.0631. The van der Waals surface area contributed by atoms with Crippen LogP contribution in [0.3, 0.4) is 0 Å². The highest BCUT2D eigenvalue weighted by atomic mass is 16.1. The fourth-order valence-electron chi connectivity index (χ4n) is 3.57. The molecule has 5 nitrogen and oxygen atoms in total. The Morgan fingerprint density at radius 1 is 1.11 bits per heavy atom. The summed E-state index contributed by atoms with van der Waals surface area (Å²) in [6, 6.07) is 18.4. The van der Waals surface area contributed by atoms with Gasteiger partial charge in [-0.3, -0.25) is 9.79 Å². The molecule has 0 aliphatic carbocycles. The lowest BCUT2D eigenvalue weighted by Crippen LogP contribution is -2.39. The Bertz CT molecular complexity index is 771. The molecule has 1 unspecified atom stereocenters. The molecule has 1 aliphatic rings. The zero-order valence-corrected chi connectivity index (χ0v) is 16.1. The van der Waals surface area contributed by atoms with E-state index in [-0.39, 0.29) is 5.91 Å². The van der Waals surface area contributed by atoms with Gasteiger partial charge in [-0.2, -0.15) is 0 Å². The Morgan fingerprint density at radius 3 is 2.52 bits per heavy atom. The lowest BCUT2D eigenvalue weighted by Gasteiger charge is -2.22. The molecule has 27 heavy (non-hydrogen) atoms. The zero-order valence-electron chi connectivity index (χ0n) is 16.1. The second kappa shape index (κ2) is 9.21. The summed E-state index contributed by atoms with van der Waals surface area (Å²) in [7, 11) is 3.48. The first-order valence-electron chi connectivity index (χ1n) is 9.50. The standard InChI is InChI=1S/C22H28N4O/c1-23-21(27)20-10-8-18(9-11-20)15-25-22(24-2)26-13-12-19(16-26)14-17-6-4-3-5-7-17/h3-11,19H,12-16H2,1-2H3,(H,23,27)(H,24,25). The van der Waals surface area contributed by atoms with Crippen molar-refractivity contribution in [3.05, 3.63) is 71.3 Å². The van der Waals surface area contributed by atoms with E-state index in [1.807, 2.05) is 31.3 Å². The van der Waals surface area contributed by atoms with Crippen LogP contribution in [0.15, 0.2) is 59.6 Å². The number of amides is 1. The van der Waals surface area contributed by atoms with E-state index in [2.05, 4.69) is 50.9 Å². The molecule has 0 radical (unpaired) electrons. The molecule has 3 rings (SSSR count). The maximum absolute atomic E-state index is 11.6. The van der Waals surface area contributed by atoms with Crippen LogP contribution in [0, 0.1) is 5.92 Å². The van der Waals surface area contributed by atoms with Crippen molar-refractivity contribution in [3.8, 4) is 0 Å². The van der Waals surface area contributed by atoms with E-state index in [9.17, 15) is 4.79 Å². The number of aliphatic imine (C=N–C) groups is 1. The van der Waals surface area contributed by atoms with Gasteiger partial charge in [0.05, 0.1) is 0 Å². The van der Waals surface area contributed by atoms with Crippen molar-refractivity contribution in [2.75, 3.05) is 27.2 Å². The fraction of sp³-hybridized carbons (Fsp3) is 0.364. The number of hydrogen-bond acceptors (Lipinski definition) is 2. The third-order valence-corrected chi connectivity index (χ3v) is 5.06. The predicted octanol–water partition coefficient (Wildman–Crippen LogP) is 2.69. The molecule has 2 aromatic rings. The third-order valence-electron chi connectivity index (χ3n) is 5.06. The number of guanidine groups is 1. The molecule has 5 heteroatoms. The van der Waals surface area contributed by atoms with Crippen molar-refractivity contribution in [1.82, 2.24) is 15.5 Å². The average Bonchev–Trinajstić information content (AvgIpc) is 3.17. The summed E-state index contributed by atoms with van der Waals surface area (Å²) in [6.45, 7) is 2.76. The number of hydrogen-bond donors (Lipinski definition) is 2. The number of rotatable bonds is 5. The molecule has 1 fully saturated rings. The number of nitrogens with one attached hydrogen (secondary N) is 2. The van der Waals surface area contributed by atoms with Gasteiger partial charge in [0.15, 0.2) is 5.96 Å². The van der Waals surface area contributed by atoms with Crippen LogP contribution in [0.1, 0.15) is 27.9 Å². The molecule has 0 saturated carbocycles. The Hall–Kier alpha value is -2.82. The number of likely N-dealkylation sites (tertiary alicyclic amines) is 1. The van der Waals surface area contributed by atoms with E-state index in [4.69, 9.17) is 0 Å². The van der Waals surface area contributed by atoms with Gasteiger partial charge in [-0.25, -0.2) is 0 Å². The number of nitrogens with zero attached hydrogens (tertiary/aromatic N) is 2. The van der Waals surface area contributed by atoms with Crippen LogP contribution in [0.25, 0.3) is 0 Å². The van der Waals surface area contributed by atoms with Crippen molar-refractivity contribution in [2.45, 2.75) is 19.4 Å². The Balaban J connectivity index is 1.51. The molecule has 2 N–H and O–H groups in total. The van der Waals surface area contributed by atoms with Crippen LogP contribution in [-0.4, -0.2) is 44.0 Å². The van der Waals surface area contributed by atoms with Crippen LogP contribution in [-0.2, 0) is 13.0 Å². The second-order valence-electron chi connectivity index (χ2n) is 6.97. The van der Waals surface area contributed by atoms with Crippen molar-refractivity contribution in [2.24, 2.45) is 10.9 Å². The van der Waals surface area contributed by atoms with Gasteiger partial charge >= 0.3 is 0 Å². The maximum atomic E-state index is 11.6. The van der Waals surface area contributed by atoms with Gasteiger partial charge in [-0.1, -0.05) is 42.5 Å². The molecule has 0 bridgehead atoms. The lowest BCUT2D eigenvalue weighted by molar-refractivity contribution is 0.0963. The van der Waals surface area contributed by atoms with E-state index in [1.54, 1.807) is 7.05 Å². The smallest absolute Gasteiger partial charge is 0.251 e. The van der Waals surface area contributed by atoms with Crippen molar-refractivity contribution >= 4 is 11.9 Å². The van der Waals surface area contributed by atoms with Crippen LogP contribution < -0.4 is 10.6 Å². The van der Waals surface area contributed by atoms with Gasteiger partial charge in [0.1, 0.15) is 0 Å². The van der Waals surface area contributed by atoms with E-state index < -0.39 is 0 Å². The van der Waals surface area contributed by atoms with E-state index >= 15 is 0 Å². The van der Waals surface area contributed by atoms with Gasteiger partial charge in [0.25, 0.3) is 5.91 Å². The first-order valence-corrected chi connectivity index (χ1v) is 9.50. The summed E-state index contributed by atoms with van der Waals surface area (Å²) >= 11 is 0. The van der Waals surface area contributed by atoms with Gasteiger partial charge < -0.3 is 15.5 Å². The molecule has 1 atom stereocenters. The van der Waals surface area contributed by atoms with Gasteiger partial charge in [0.2, 0.25) is 0 Å². The van der Waals surface area contributed by atoms with E-state index in [1.165, 1.54) is 12.0 Å². The van der Waals surface area contributed by atoms with Crippen molar-refractivity contribution in [1.29, 1.82) is 0 Å². The number of carbonyl (C=O) groups is 1. The summed E-state index contributed by atoms with van der Waals surface area (Å²) in [5, 5.41) is 6.09. The van der Waals surface area contributed by atoms with Gasteiger partial charge in [-0.15, -0.1) is 0 Å². The highest BCUT2D eigenvalue weighted by Crippen LogP contribution is 2.21. The summed E-state index contributed by atoms with van der Waals surface area (Å²) < 4.78 is 0. The third kappa shape index (κ3) is 5.09. The molecule has 1 amide bonds. The maximum Gasteiger partial charge on any atom is 0.251 e. The summed E-state index contributed by atoms with van der Waals surface area (Å²) in [4.78, 5) is 18.4. The van der Waals surface area contributed by atoms with Crippen LogP contribution in [0.2, 0.25) is 0 Å². The number of carbonyl (C=O) groups excluding carboxylic acids is 1. The van der Waals surface area contributed by atoms with Crippen LogP contribution in [0.4, 0.5) is 0 Å². The Labute approximate surface area is 161 Å². The molecule has 2 aromatic carbocycles. The molecule has 1 aliphatic heterocycles. The van der Waals surface area contributed by atoms with Crippen molar-refractivity contribution < 1.29 is 4.79 Å². The molecule has 0 aromatic heterocycles. The monoisotopic (exact) mass is 364 g/mol. The topological polar surface area (TPSA) is 56.7 Å². The molecular formula is C22H28N4O. The number of benzene rings is 2. The van der Waals surface area contributed by atoms with Crippen LogP contribution in [0.5, 0.6) is 0 Å². The molecule has 0 spiro atoms. The minimum absolute atomic E-state index is 0.0631. The highest BCUT2D eigenvalue weighted by Gasteiger charge is 2.24. The SMILES string of the molecule is CN=C(NCc1ccc(C(=O)NC)cc1)N1CCC(Cc2ccccc2)C1. The Morgan fingerprint density at radius 2 is 1.85 bits per heavy atom. The lowest BCUT2D eigenvalue weighted by atomic mass is 9.99. The summed E-state index contributed by atoms with van der Waals surface area (Å²) in [5.74, 6) is 1.55. The molecule has 142 valence electrons. The average molecular weight is 364 g/mol. The first kappa shape index (κ1) is 19.0. The molecular weight excluding hydrogens is 336 g/mol. The van der Waals surface area contributed by atoms with E-state index in [0.717, 1.165) is 31.0 Å². The largest absolute Gasteiger partial charge is 0.355 e. The predicted molar refractivity (Wildman–Crippen MR) is 110 cm³/mol. The van der Waals surface area contributed by atoms with Crippen molar-refractivity contribution in [3.63, 3.8) is 0 Å². The zero-order chi connectivity index (χ0) is 19.1. The van der Waals surface area contributed by atoms with Gasteiger partial charge in [-0.05, 0) is 42.0 Å². The minimum Gasteiger partial charge on any atom is -0.355 e. The fourth-order valence-corrected chi connectivity index (χ4v) is 3.57.